The Balaban J connectivity index is 1.24. The van der Waals surface area contributed by atoms with Crippen LogP contribution in [-0.4, -0.2) is 42.8 Å². The smallest absolute Gasteiger partial charge is 0.120 e. The van der Waals surface area contributed by atoms with Gasteiger partial charge in [0, 0.05) is 30.6 Å². The number of aromatic hydroxyl groups is 1. The van der Waals surface area contributed by atoms with E-state index in [0.29, 0.717) is 23.6 Å². The summed E-state index contributed by atoms with van der Waals surface area (Å²) in [5.41, 5.74) is 9.37. The van der Waals surface area contributed by atoms with Gasteiger partial charge in [-0.05, 0) is 66.4 Å². The summed E-state index contributed by atoms with van der Waals surface area (Å²) in [6.07, 6.45) is 2.32. The van der Waals surface area contributed by atoms with E-state index < -0.39 is 0 Å². The molecule has 2 saturated heterocycles. The first-order valence-corrected chi connectivity index (χ1v) is 11.3. The van der Waals surface area contributed by atoms with Crippen LogP contribution >= 0.6 is 0 Å². The first-order chi connectivity index (χ1) is 15.2. The third-order valence-electron chi connectivity index (χ3n) is 7.05. The SMILES string of the molecule is COc1ccc(O)c(CN2CCC(C3NNCC3c3ccc4ccccc4c3)CC2)c1. The predicted molar refractivity (Wildman–Crippen MR) is 124 cm³/mol. The number of methoxy groups -OCH3 is 1. The van der Waals surface area contributed by atoms with E-state index in [1.54, 1.807) is 19.2 Å². The number of rotatable bonds is 5. The van der Waals surface area contributed by atoms with Crippen LogP contribution < -0.4 is 15.6 Å². The number of nitrogens with one attached hydrogen (secondary N) is 2. The molecule has 0 spiro atoms. The van der Waals surface area contributed by atoms with Crippen molar-refractivity contribution < 1.29 is 9.84 Å². The average Bonchev–Trinajstić information content (AvgIpc) is 3.31. The van der Waals surface area contributed by atoms with Gasteiger partial charge in [-0.1, -0.05) is 42.5 Å². The van der Waals surface area contributed by atoms with Gasteiger partial charge in [-0.15, -0.1) is 0 Å². The Kier molecular flexibility index (Phi) is 5.81. The monoisotopic (exact) mass is 417 g/mol. The van der Waals surface area contributed by atoms with E-state index in [2.05, 4.69) is 58.2 Å². The molecule has 3 aromatic rings. The molecule has 2 fully saturated rings. The van der Waals surface area contributed by atoms with E-state index in [-0.39, 0.29) is 0 Å². The number of hydrogen-bond donors (Lipinski definition) is 3. The molecule has 0 saturated carbocycles. The normalized spacial score (nSPS) is 22.7. The summed E-state index contributed by atoms with van der Waals surface area (Å²) in [4.78, 5) is 2.44. The van der Waals surface area contributed by atoms with E-state index in [4.69, 9.17) is 4.74 Å². The molecule has 0 aromatic heterocycles. The number of hydrazine groups is 1. The van der Waals surface area contributed by atoms with Gasteiger partial charge in [-0.25, -0.2) is 0 Å². The van der Waals surface area contributed by atoms with Crippen LogP contribution in [0.3, 0.4) is 0 Å². The highest BCUT2D eigenvalue weighted by Gasteiger charge is 2.36. The standard InChI is InChI=1S/C26H31N3O2/c1-31-23-8-9-25(30)22(15-23)17-29-12-10-19(11-13-29)26-24(16-27-28-26)21-7-6-18-4-2-3-5-20(18)14-21/h2-9,14-15,19,24,26-28,30H,10-13,16-17H2,1H3. The van der Waals surface area contributed by atoms with Crippen LogP contribution in [0.25, 0.3) is 10.8 Å². The fourth-order valence-corrected chi connectivity index (χ4v) is 5.25. The highest BCUT2D eigenvalue weighted by molar-refractivity contribution is 5.83. The second-order valence-corrected chi connectivity index (χ2v) is 8.87. The van der Waals surface area contributed by atoms with Crippen molar-refractivity contribution in [2.45, 2.75) is 31.3 Å². The minimum absolute atomic E-state index is 0.348. The molecule has 2 aliphatic heterocycles. The zero-order valence-corrected chi connectivity index (χ0v) is 18.1. The van der Waals surface area contributed by atoms with Crippen molar-refractivity contribution in [2.24, 2.45) is 5.92 Å². The van der Waals surface area contributed by atoms with Gasteiger partial charge >= 0.3 is 0 Å². The Bertz CT molecular complexity index is 1050. The van der Waals surface area contributed by atoms with Gasteiger partial charge in [0.1, 0.15) is 11.5 Å². The number of benzene rings is 3. The molecule has 2 heterocycles. The van der Waals surface area contributed by atoms with E-state index >= 15 is 0 Å². The maximum absolute atomic E-state index is 10.2. The molecule has 0 bridgehead atoms. The fraction of sp³-hybridized carbons (Fsp3) is 0.385. The largest absolute Gasteiger partial charge is 0.508 e. The Morgan fingerprint density at radius 1 is 1.00 bits per heavy atom. The molecule has 0 amide bonds. The van der Waals surface area contributed by atoms with Crippen LogP contribution in [0, 0.1) is 5.92 Å². The summed E-state index contributed by atoms with van der Waals surface area (Å²) in [7, 11) is 1.66. The summed E-state index contributed by atoms with van der Waals surface area (Å²) >= 11 is 0. The lowest BCUT2D eigenvalue weighted by atomic mass is 9.80. The number of likely N-dealkylation sites (tertiary alicyclic amines) is 1. The van der Waals surface area contributed by atoms with Gasteiger partial charge in [0.25, 0.3) is 0 Å². The Morgan fingerprint density at radius 3 is 2.61 bits per heavy atom. The zero-order valence-electron chi connectivity index (χ0n) is 18.1. The summed E-state index contributed by atoms with van der Waals surface area (Å²) in [6.45, 7) is 3.83. The molecule has 2 unspecified atom stereocenters. The molecule has 5 heteroatoms. The number of piperidine rings is 1. The molecule has 3 N–H and O–H groups in total. The number of phenols is 1. The lowest BCUT2D eigenvalue weighted by Gasteiger charge is -2.36. The summed E-state index contributed by atoms with van der Waals surface area (Å²) in [6, 6.07) is 21.4. The summed E-state index contributed by atoms with van der Waals surface area (Å²) in [5, 5.41) is 12.8. The van der Waals surface area contributed by atoms with Crippen LogP contribution in [0.5, 0.6) is 11.5 Å². The quantitative estimate of drug-likeness (QED) is 0.585. The molecule has 162 valence electrons. The number of phenolic OH excluding ortho intramolecular Hbond substituents is 1. The van der Waals surface area contributed by atoms with Gasteiger partial charge in [-0.2, -0.15) is 0 Å². The van der Waals surface area contributed by atoms with Gasteiger partial charge in [0.05, 0.1) is 7.11 Å². The van der Waals surface area contributed by atoms with Gasteiger partial charge in [-0.3, -0.25) is 15.8 Å². The number of fused-ring (bicyclic) bond motifs is 1. The molecule has 5 nitrogen and oxygen atoms in total. The molecule has 5 rings (SSSR count). The van der Waals surface area contributed by atoms with Crippen molar-refractivity contribution in [3.05, 3.63) is 71.8 Å². The van der Waals surface area contributed by atoms with Crippen LogP contribution in [0.1, 0.15) is 29.9 Å². The third kappa shape index (κ3) is 4.26. The van der Waals surface area contributed by atoms with Gasteiger partial charge in [0.15, 0.2) is 0 Å². The van der Waals surface area contributed by atoms with Crippen molar-refractivity contribution in [2.75, 3.05) is 26.7 Å². The third-order valence-corrected chi connectivity index (χ3v) is 7.05. The van der Waals surface area contributed by atoms with Gasteiger partial charge in [0.2, 0.25) is 0 Å². The van der Waals surface area contributed by atoms with E-state index in [1.165, 1.54) is 16.3 Å². The van der Waals surface area contributed by atoms with Crippen LogP contribution in [-0.2, 0) is 6.54 Å². The second-order valence-electron chi connectivity index (χ2n) is 8.87. The number of ether oxygens (including phenoxy) is 1. The van der Waals surface area contributed by atoms with E-state index in [0.717, 1.165) is 50.3 Å². The molecule has 0 aliphatic carbocycles. The van der Waals surface area contributed by atoms with Crippen molar-refractivity contribution in [1.29, 1.82) is 0 Å². The predicted octanol–water partition coefficient (Wildman–Crippen LogP) is 4.03. The van der Waals surface area contributed by atoms with Crippen LogP contribution in [0.2, 0.25) is 0 Å². The number of nitrogens with zero attached hydrogens (tertiary/aromatic N) is 1. The Hall–Kier alpha value is -2.60. The van der Waals surface area contributed by atoms with Crippen molar-refractivity contribution >= 4 is 10.8 Å². The lowest BCUT2D eigenvalue weighted by molar-refractivity contribution is 0.151. The lowest BCUT2D eigenvalue weighted by Crippen LogP contribution is -2.44. The first-order valence-electron chi connectivity index (χ1n) is 11.3. The number of hydrogen-bond acceptors (Lipinski definition) is 5. The maximum atomic E-state index is 10.2. The van der Waals surface area contributed by atoms with E-state index in [9.17, 15) is 5.11 Å². The highest BCUT2D eigenvalue weighted by atomic mass is 16.5. The van der Waals surface area contributed by atoms with Crippen molar-refractivity contribution in [1.82, 2.24) is 15.8 Å². The average molecular weight is 418 g/mol. The van der Waals surface area contributed by atoms with Gasteiger partial charge < -0.3 is 9.84 Å². The van der Waals surface area contributed by atoms with Crippen molar-refractivity contribution in [3.8, 4) is 11.5 Å². The summed E-state index contributed by atoms with van der Waals surface area (Å²) in [5.74, 6) is 2.27. The maximum Gasteiger partial charge on any atom is 0.120 e. The Morgan fingerprint density at radius 2 is 1.81 bits per heavy atom. The zero-order chi connectivity index (χ0) is 21.2. The Labute approximate surface area is 184 Å². The van der Waals surface area contributed by atoms with Crippen LogP contribution in [0.15, 0.2) is 60.7 Å². The van der Waals surface area contributed by atoms with E-state index in [1.807, 2.05) is 6.07 Å². The molecule has 2 atom stereocenters. The van der Waals surface area contributed by atoms with Crippen LogP contribution in [0.4, 0.5) is 0 Å². The fourth-order valence-electron chi connectivity index (χ4n) is 5.25. The minimum atomic E-state index is 0.348. The topological polar surface area (TPSA) is 56.8 Å². The second kappa shape index (κ2) is 8.87. The minimum Gasteiger partial charge on any atom is -0.508 e. The van der Waals surface area contributed by atoms with Crippen molar-refractivity contribution in [3.63, 3.8) is 0 Å². The summed E-state index contributed by atoms with van der Waals surface area (Å²) < 4.78 is 5.32. The first kappa shape index (κ1) is 20.3. The molecular weight excluding hydrogens is 386 g/mol. The molecule has 31 heavy (non-hydrogen) atoms. The molecular formula is C26H31N3O2. The molecule has 0 radical (unpaired) electrons. The molecule has 3 aromatic carbocycles. The highest BCUT2D eigenvalue weighted by Crippen LogP contribution is 2.34. The molecule has 2 aliphatic rings.